The Morgan fingerprint density at radius 1 is 1.24 bits per heavy atom. The molecule has 3 rings (SSSR count). The van der Waals surface area contributed by atoms with Crippen molar-refractivity contribution in [3.8, 4) is 0 Å². The summed E-state index contributed by atoms with van der Waals surface area (Å²) in [6.07, 6.45) is 0. The fourth-order valence-corrected chi connectivity index (χ4v) is 3.12. The zero-order valence-electron chi connectivity index (χ0n) is 15.6. The molecule has 3 amide bonds. The zero-order chi connectivity index (χ0) is 21.1. The van der Waals surface area contributed by atoms with Gasteiger partial charge >= 0.3 is 12.0 Å². The average Bonchev–Trinajstić information content (AvgIpc) is 2.82. The van der Waals surface area contributed by atoms with E-state index < -0.39 is 29.8 Å². The summed E-state index contributed by atoms with van der Waals surface area (Å²) in [7, 11) is 1.34. The predicted octanol–water partition coefficient (Wildman–Crippen LogP) is 2.93. The van der Waals surface area contributed by atoms with Crippen LogP contribution in [0.2, 0.25) is 5.02 Å². The van der Waals surface area contributed by atoms with Gasteiger partial charge in [-0.2, -0.15) is 0 Å². The van der Waals surface area contributed by atoms with Crippen LogP contribution in [0.4, 0.5) is 14.9 Å². The number of nitrogens with zero attached hydrogens (tertiary/aromatic N) is 2. The molecule has 2 aromatic carbocycles. The molecule has 7 nitrogen and oxygen atoms in total. The molecule has 0 radical (unpaired) electrons. The standard InChI is InChI=1S/C20H17ClFN3O4/c1-3-29-19(27)17-18(26)25(20(28)23-2)15-9-8-11(21)10-13(15)16(24-17)12-6-4-5-7-14(12)22/h4-10,17H,3H2,1-2H3,(H,23,28)/t17-/m1/s1. The molecule has 29 heavy (non-hydrogen) atoms. The van der Waals surface area contributed by atoms with Crippen molar-refractivity contribution in [1.29, 1.82) is 0 Å². The summed E-state index contributed by atoms with van der Waals surface area (Å²) in [6, 6.07) is 7.69. The van der Waals surface area contributed by atoms with Crippen LogP contribution in [0.1, 0.15) is 18.1 Å². The zero-order valence-corrected chi connectivity index (χ0v) is 16.4. The summed E-state index contributed by atoms with van der Waals surface area (Å²) in [5.41, 5.74) is 0.411. The Balaban J connectivity index is 2.34. The lowest BCUT2D eigenvalue weighted by molar-refractivity contribution is -0.147. The minimum atomic E-state index is -1.69. The van der Waals surface area contributed by atoms with Gasteiger partial charge in [-0.25, -0.2) is 18.9 Å². The number of amides is 3. The van der Waals surface area contributed by atoms with Gasteiger partial charge in [0.25, 0.3) is 5.91 Å². The first-order valence-corrected chi connectivity index (χ1v) is 9.11. The molecule has 2 aromatic rings. The fourth-order valence-electron chi connectivity index (χ4n) is 2.95. The van der Waals surface area contributed by atoms with Crippen LogP contribution < -0.4 is 10.2 Å². The Labute approximate surface area is 171 Å². The van der Waals surface area contributed by atoms with E-state index in [1.165, 1.54) is 43.4 Å². The topological polar surface area (TPSA) is 88.1 Å². The number of rotatable bonds is 3. The van der Waals surface area contributed by atoms with E-state index in [4.69, 9.17) is 16.3 Å². The van der Waals surface area contributed by atoms with Gasteiger partial charge in [-0.15, -0.1) is 0 Å². The van der Waals surface area contributed by atoms with E-state index in [2.05, 4.69) is 10.3 Å². The molecule has 9 heteroatoms. The lowest BCUT2D eigenvalue weighted by Gasteiger charge is -2.22. The van der Waals surface area contributed by atoms with Gasteiger partial charge in [0.15, 0.2) is 0 Å². The number of esters is 1. The van der Waals surface area contributed by atoms with Crippen molar-refractivity contribution in [2.75, 3.05) is 18.6 Å². The molecule has 1 heterocycles. The van der Waals surface area contributed by atoms with Crippen molar-refractivity contribution < 1.29 is 23.5 Å². The largest absolute Gasteiger partial charge is 0.464 e. The fraction of sp³-hybridized carbons (Fsp3) is 0.200. The first-order chi connectivity index (χ1) is 13.9. The van der Waals surface area contributed by atoms with Crippen LogP contribution in [0, 0.1) is 5.82 Å². The second kappa shape index (κ2) is 8.40. The van der Waals surface area contributed by atoms with Gasteiger partial charge in [-0.05, 0) is 37.3 Å². The number of benzene rings is 2. The van der Waals surface area contributed by atoms with Gasteiger partial charge in [0.2, 0.25) is 6.04 Å². The van der Waals surface area contributed by atoms with Gasteiger partial charge in [0.05, 0.1) is 18.0 Å². The average molecular weight is 418 g/mol. The molecule has 0 saturated heterocycles. The number of benzodiazepines with no additional fused rings is 1. The Kier molecular flexibility index (Phi) is 5.93. The third-order valence-electron chi connectivity index (χ3n) is 4.22. The van der Waals surface area contributed by atoms with Crippen LogP contribution in [-0.4, -0.2) is 43.3 Å². The number of aliphatic imine (C=N–C) groups is 1. The van der Waals surface area contributed by atoms with Crippen molar-refractivity contribution in [2.45, 2.75) is 13.0 Å². The highest BCUT2D eigenvalue weighted by Crippen LogP contribution is 2.32. The highest BCUT2D eigenvalue weighted by atomic mass is 35.5. The van der Waals surface area contributed by atoms with Crippen LogP contribution >= 0.6 is 11.6 Å². The first-order valence-electron chi connectivity index (χ1n) is 8.74. The molecule has 1 aliphatic heterocycles. The van der Waals surface area contributed by atoms with Gasteiger partial charge in [-0.1, -0.05) is 23.7 Å². The number of hydrogen-bond acceptors (Lipinski definition) is 5. The number of ether oxygens (including phenoxy) is 1. The lowest BCUT2D eigenvalue weighted by Crippen LogP contribution is -2.49. The first kappa shape index (κ1) is 20.5. The Morgan fingerprint density at radius 2 is 1.97 bits per heavy atom. The van der Waals surface area contributed by atoms with E-state index in [1.807, 2.05) is 0 Å². The Bertz CT molecular complexity index is 1020. The molecule has 0 unspecified atom stereocenters. The molecule has 0 spiro atoms. The number of halogens is 2. The van der Waals surface area contributed by atoms with Crippen molar-refractivity contribution >= 4 is 40.9 Å². The number of nitrogens with one attached hydrogen (secondary N) is 1. The number of fused-ring (bicyclic) bond motifs is 1. The second-order valence-electron chi connectivity index (χ2n) is 6.00. The summed E-state index contributed by atoms with van der Waals surface area (Å²) in [5.74, 6) is -2.47. The maximum absolute atomic E-state index is 14.6. The van der Waals surface area contributed by atoms with Crippen molar-refractivity contribution in [1.82, 2.24) is 5.32 Å². The van der Waals surface area contributed by atoms with Crippen molar-refractivity contribution in [2.24, 2.45) is 4.99 Å². The molecule has 0 bridgehead atoms. The van der Waals surface area contributed by atoms with E-state index in [0.717, 1.165) is 4.90 Å². The van der Waals surface area contributed by atoms with Gasteiger partial charge < -0.3 is 10.1 Å². The minimum absolute atomic E-state index is 0.00587. The molecule has 0 aliphatic carbocycles. The molecule has 1 N–H and O–H groups in total. The van der Waals surface area contributed by atoms with Crippen LogP contribution in [-0.2, 0) is 14.3 Å². The highest BCUT2D eigenvalue weighted by molar-refractivity contribution is 6.33. The van der Waals surface area contributed by atoms with E-state index in [9.17, 15) is 18.8 Å². The van der Waals surface area contributed by atoms with Gasteiger partial charge in [-0.3, -0.25) is 9.79 Å². The van der Waals surface area contributed by atoms with Crippen LogP contribution in [0.5, 0.6) is 0 Å². The molecule has 0 fully saturated rings. The van der Waals surface area contributed by atoms with Gasteiger partial charge in [0, 0.05) is 23.2 Å². The molecule has 1 aliphatic rings. The lowest BCUT2D eigenvalue weighted by atomic mass is 9.99. The monoisotopic (exact) mass is 417 g/mol. The summed E-state index contributed by atoms with van der Waals surface area (Å²) < 4.78 is 19.5. The molecule has 1 atom stereocenters. The predicted molar refractivity (Wildman–Crippen MR) is 106 cm³/mol. The van der Waals surface area contributed by atoms with Crippen LogP contribution in [0.25, 0.3) is 0 Å². The van der Waals surface area contributed by atoms with E-state index in [0.29, 0.717) is 0 Å². The quantitative estimate of drug-likeness (QED) is 0.614. The molecular formula is C20H17ClFN3O4. The van der Waals surface area contributed by atoms with E-state index in [-0.39, 0.29) is 34.2 Å². The second-order valence-corrected chi connectivity index (χ2v) is 6.44. The maximum atomic E-state index is 14.6. The summed E-state index contributed by atoms with van der Waals surface area (Å²) >= 11 is 6.12. The maximum Gasteiger partial charge on any atom is 0.340 e. The van der Waals surface area contributed by atoms with Crippen molar-refractivity contribution in [3.05, 3.63) is 64.4 Å². The van der Waals surface area contributed by atoms with Crippen LogP contribution in [0.15, 0.2) is 47.5 Å². The third kappa shape index (κ3) is 3.84. The minimum Gasteiger partial charge on any atom is -0.464 e. The van der Waals surface area contributed by atoms with Crippen LogP contribution in [0.3, 0.4) is 0 Å². The Hall–Kier alpha value is -3.26. The SMILES string of the molecule is CCOC(=O)[C@@H]1N=C(c2ccccc2F)c2cc(Cl)ccc2N(C(=O)NC)C1=O. The number of anilines is 1. The molecular weight excluding hydrogens is 401 g/mol. The normalized spacial score (nSPS) is 15.9. The number of hydrogen-bond donors (Lipinski definition) is 1. The van der Waals surface area contributed by atoms with Gasteiger partial charge in [0.1, 0.15) is 5.82 Å². The molecule has 150 valence electrons. The molecule has 0 aromatic heterocycles. The highest BCUT2D eigenvalue weighted by Gasteiger charge is 2.40. The number of imide groups is 1. The molecule has 0 saturated carbocycles. The smallest absolute Gasteiger partial charge is 0.340 e. The number of carbonyl (C=O) groups excluding carboxylic acids is 3. The summed E-state index contributed by atoms with van der Waals surface area (Å²) in [5, 5.41) is 2.65. The van der Waals surface area contributed by atoms with E-state index >= 15 is 0 Å². The van der Waals surface area contributed by atoms with Crippen molar-refractivity contribution in [3.63, 3.8) is 0 Å². The van der Waals surface area contributed by atoms with E-state index in [1.54, 1.807) is 13.0 Å². The number of urea groups is 1. The third-order valence-corrected chi connectivity index (χ3v) is 4.46. The number of carbonyl (C=O) groups is 3. The summed E-state index contributed by atoms with van der Waals surface area (Å²) in [4.78, 5) is 43.1. The Morgan fingerprint density at radius 3 is 2.62 bits per heavy atom. The summed E-state index contributed by atoms with van der Waals surface area (Å²) in [6.45, 7) is 1.58.